The first kappa shape index (κ1) is 35.2. The van der Waals surface area contributed by atoms with Crippen LogP contribution in [0, 0.1) is 5.82 Å². The number of rotatable bonds is 7. The predicted octanol–water partition coefficient (Wildman–Crippen LogP) is 5.86. The number of esters is 1. The molecule has 7 rings (SSSR count). The molecule has 274 valence electrons. The van der Waals surface area contributed by atoms with Gasteiger partial charge in [-0.2, -0.15) is 23.1 Å². The molecular weight excluding hydrogens is 707 g/mol. The van der Waals surface area contributed by atoms with Crippen molar-refractivity contribution in [2.75, 3.05) is 37.7 Å². The van der Waals surface area contributed by atoms with Crippen LogP contribution in [0.1, 0.15) is 51.5 Å². The highest BCUT2D eigenvalue weighted by Gasteiger charge is 2.50. The molecule has 5 atom stereocenters. The van der Waals surface area contributed by atoms with E-state index < -0.39 is 75.2 Å². The fourth-order valence-corrected chi connectivity index (χ4v) is 8.39. The molecule has 18 heteroatoms. The Morgan fingerprint density at radius 2 is 1.86 bits per heavy atom. The second kappa shape index (κ2) is 13.1. The maximum atomic E-state index is 16.6. The van der Waals surface area contributed by atoms with Crippen LogP contribution in [0.4, 0.5) is 32.6 Å². The van der Waals surface area contributed by atoms with Gasteiger partial charge < -0.3 is 24.2 Å². The number of hydrogen-bond donors (Lipinski definition) is 1. The number of phenols is 1. The molecular formula is C33H34ClF5N6O6. The molecule has 6 heterocycles. The Morgan fingerprint density at radius 3 is 2.55 bits per heavy atom. The van der Waals surface area contributed by atoms with Gasteiger partial charge in [-0.05, 0) is 44.4 Å². The van der Waals surface area contributed by atoms with Gasteiger partial charge in [0.05, 0.1) is 33.6 Å². The summed E-state index contributed by atoms with van der Waals surface area (Å²) >= 11 is 5.89. The molecule has 2 aromatic heterocycles. The van der Waals surface area contributed by atoms with Crippen LogP contribution in [0.25, 0.3) is 22.2 Å². The third kappa shape index (κ3) is 6.54. The Bertz CT molecular complexity index is 1870. The third-order valence-electron chi connectivity index (χ3n) is 10.1. The Balaban J connectivity index is 1.27. The molecule has 0 spiro atoms. The quantitative estimate of drug-likeness (QED) is 0.178. The molecule has 4 fully saturated rings. The second-order valence-corrected chi connectivity index (χ2v) is 13.9. The van der Waals surface area contributed by atoms with Gasteiger partial charge in [-0.15, -0.1) is 0 Å². The summed E-state index contributed by atoms with van der Waals surface area (Å²) < 4.78 is 89.9. The highest BCUT2D eigenvalue weighted by Crippen LogP contribution is 2.45. The summed E-state index contributed by atoms with van der Waals surface area (Å²) in [5.74, 6) is -2.30. The molecule has 51 heavy (non-hydrogen) atoms. The summed E-state index contributed by atoms with van der Waals surface area (Å²) in [6, 6.07) is 0.414. The lowest BCUT2D eigenvalue weighted by molar-refractivity contribution is -0.163. The number of halogens is 6. The van der Waals surface area contributed by atoms with Crippen LogP contribution in [0.5, 0.6) is 11.8 Å². The zero-order valence-corrected chi connectivity index (χ0v) is 28.3. The zero-order valence-electron chi connectivity index (χ0n) is 27.6. The third-order valence-corrected chi connectivity index (χ3v) is 10.4. The number of fused-ring (bicyclic) bond motifs is 4. The fraction of sp³-hybridized carbons (Fsp3) is 0.545. The topological polar surface area (TPSA) is 130 Å². The van der Waals surface area contributed by atoms with Crippen molar-refractivity contribution in [3.8, 4) is 23.0 Å². The fourth-order valence-electron chi connectivity index (χ4n) is 8.06. The van der Waals surface area contributed by atoms with Gasteiger partial charge in [0.1, 0.15) is 35.6 Å². The summed E-state index contributed by atoms with van der Waals surface area (Å²) in [6.07, 6.45) is -3.74. The SMILES string of the molecule is CC(=O)OC(C)OC(=O)N1C2CCC1CN(c1nc(OC[C@@]34CCCN3C[C@H](F)C4)nc3c(F)c(-c4cc(O)cc(Cl)c4C(F)(F)F)ncc13)C2. The van der Waals surface area contributed by atoms with Crippen molar-refractivity contribution in [2.24, 2.45) is 0 Å². The molecule has 1 aromatic carbocycles. The van der Waals surface area contributed by atoms with Gasteiger partial charge in [0.2, 0.25) is 6.29 Å². The van der Waals surface area contributed by atoms with Crippen molar-refractivity contribution in [3.05, 3.63) is 34.7 Å². The molecule has 0 saturated carbocycles. The van der Waals surface area contributed by atoms with Crippen LogP contribution < -0.4 is 9.64 Å². The van der Waals surface area contributed by atoms with Crippen molar-refractivity contribution < 1.29 is 50.9 Å². The van der Waals surface area contributed by atoms with Gasteiger partial charge in [0, 0.05) is 51.7 Å². The standard InChI is InChI=1S/C33H34ClF5N6O6/c1-16(46)50-17(2)51-31(48)45-19-4-5-20(45)14-43(13-19)29-23-11-40-27(22-8-21(47)9-24(34)25(22)33(37,38)39)26(36)28(23)41-30(42-29)49-15-32-6-3-7-44(32)12-18(35)10-32/h8-9,11,17-20,47H,3-7,10,12-15H2,1-2H3/t17?,18-,19?,20?,32+/m1/s1. The molecule has 4 saturated heterocycles. The number of pyridine rings is 1. The van der Waals surface area contributed by atoms with E-state index in [1.807, 2.05) is 4.90 Å². The summed E-state index contributed by atoms with van der Waals surface area (Å²) in [5, 5.41) is 9.35. The highest BCUT2D eigenvalue weighted by molar-refractivity contribution is 6.32. The van der Waals surface area contributed by atoms with Crippen LogP contribution in [-0.4, -0.2) is 105 Å². The first-order valence-electron chi connectivity index (χ1n) is 16.5. The normalized spacial score (nSPS) is 25.3. The van der Waals surface area contributed by atoms with Crippen molar-refractivity contribution in [1.29, 1.82) is 0 Å². The van der Waals surface area contributed by atoms with E-state index in [0.29, 0.717) is 31.9 Å². The van der Waals surface area contributed by atoms with Crippen molar-refractivity contribution >= 4 is 40.4 Å². The number of benzene rings is 1. The van der Waals surface area contributed by atoms with Gasteiger partial charge in [-0.25, -0.2) is 13.6 Å². The summed E-state index contributed by atoms with van der Waals surface area (Å²) in [4.78, 5) is 42.8. The number of anilines is 1. The van der Waals surface area contributed by atoms with E-state index >= 15 is 4.39 Å². The average molecular weight is 741 g/mol. The van der Waals surface area contributed by atoms with Crippen molar-refractivity contribution in [3.63, 3.8) is 0 Å². The Labute approximate surface area is 293 Å². The minimum Gasteiger partial charge on any atom is -0.508 e. The van der Waals surface area contributed by atoms with Crippen molar-refractivity contribution in [1.82, 2.24) is 24.8 Å². The minimum absolute atomic E-state index is 0.00367. The summed E-state index contributed by atoms with van der Waals surface area (Å²) in [5.41, 5.74) is -3.93. The smallest absolute Gasteiger partial charge is 0.418 e. The molecule has 0 radical (unpaired) electrons. The summed E-state index contributed by atoms with van der Waals surface area (Å²) in [7, 11) is 0. The number of hydrogen-bond acceptors (Lipinski definition) is 11. The van der Waals surface area contributed by atoms with Gasteiger partial charge in [-0.1, -0.05) is 11.6 Å². The summed E-state index contributed by atoms with van der Waals surface area (Å²) in [6.45, 7) is 4.01. The zero-order chi connectivity index (χ0) is 36.4. The Hall–Kier alpha value is -4.25. The predicted molar refractivity (Wildman–Crippen MR) is 172 cm³/mol. The van der Waals surface area contributed by atoms with Gasteiger partial charge in [0.25, 0.3) is 0 Å². The first-order valence-corrected chi connectivity index (χ1v) is 16.9. The number of alkyl halides is 4. The lowest BCUT2D eigenvalue weighted by atomic mass is 9.95. The van der Waals surface area contributed by atoms with E-state index in [9.17, 15) is 32.3 Å². The molecule has 2 bridgehead atoms. The van der Waals surface area contributed by atoms with E-state index in [-0.39, 0.29) is 62.0 Å². The molecule has 4 aliphatic rings. The number of nitrogens with zero attached hydrogens (tertiary/aromatic N) is 6. The van der Waals surface area contributed by atoms with E-state index in [0.717, 1.165) is 18.7 Å². The Morgan fingerprint density at radius 1 is 1.14 bits per heavy atom. The molecule has 3 aromatic rings. The van der Waals surface area contributed by atoms with Crippen LogP contribution in [0.2, 0.25) is 5.02 Å². The number of phenolic OH excluding ortho intramolecular Hbond substituents is 1. The lowest BCUT2D eigenvalue weighted by Crippen LogP contribution is -2.56. The molecule has 4 aliphatic heterocycles. The van der Waals surface area contributed by atoms with Gasteiger partial charge >= 0.3 is 24.2 Å². The molecule has 3 unspecified atom stereocenters. The minimum atomic E-state index is -5.02. The van der Waals surface area contributed by atoms with Crippen molar-refractivity contribution in [2.45, 2.75) is 82.2 Å². The molecule has 12 nitrogen and oxygen atoms in total. The van der Waals surface area contributed by atoms with Crippen LogP contribution in [0.15, 0.2) is 18.3 Å². The largest absolute Gasteiger partial charge is 0.508 e. The maximum absolute atomic E-state index is 16.6. The van der Waals surface area contributed by atoms with E-state index in [4.69, 9.17) is 25.8 Å². The number of aromatic hydroxyl groups is 1. The molecule has 1 amide bonds. The van der Waals surface area contributed by atoms with Crippen LogP contribution in [0.3, 0.4) is 0 Å². The Kier molecular flexibility index (Phi) is 9.01. The van der Waals surface area contributed by atoms with E-state index in [1.165, 1.54) is 13.8 Å². The number of carbonyl (C=O) groups excluding carboxylic acids is 2. The lowest BCUT2D eigenvalue weighted by Gasteiger charge is -2.41. The number of piperazine rings is 1. The second-order valence-electron chi connectivity index (χ2n) is 13.5. The highest BCUT2D eigenvalue weighted by atomic mass is 35.5. The number of carbonyl (C=O) groups is 2. The maximum Gasteiger partial charge on any atom is 0.418 e. The van der Waals surface area contributed by atoms with Crippen LogP contribution >= 0.6 is 11.6 Å². The van der Waals surface area contributed by atoms with E-state index in [1.54, 1.807) is 9.80 Å². The van der Waals surface area contributed by atoms with Gasteiger partial charge in [-0.3, -0.25) is 19.6 Å². The average Bonchev–Trinajstić information content (AvgIpc) is 3.65. The number of ether oxygens (including phenoxy) is 3. The monoisotopic (exact) mass is 740 g/mol. The number of aromatic nitrogens is 3. The first-order chi connectivity index (χ1) is 24.1. The number of amides is 1. The molecule has 0 aliphatic carbocycles. The molecule has 1 N–H and O–H groups in total. The van der Waals surface area contributed by atoms with Crippen LogP contribution in [-0.2, 0) is 20.4 Å². The van der Waals surface area contributed by atoms with Gasteiger partial charge in [0.15, 0.2) is 5.82 Å². The van der Waals surface area contributed by atoms with E-state index in [2.05, 4.69) is 15.0 Å².